The Hall–Kier alpha value is -3.67. The zero-order chi connectivity index (χ0) is 32.2. The van der Waals surface area contributed by atoms with E-state index in [-0.39, 0.29) is 38.8 Å². The normalized spacial score (nSPS) is 31.2. The van der Waals surface area contributed by atoms with Crippen LogP contribution in [0.1, 0.15) is 31.0 Å². The molecule has 16 nitrogen and oxygen atoms in total. The quantitative estimate of drug-likeness (QED) is 0.204. The standard InChI is InChI=1S/C30H41N7O9/c38-23-16-35(11-9-31-18-7-12-44-13-8-18)30(43)28-27(41)26(40)25(39)22(46-28)14-32-29(42)24-21(6-10-36(23)24)37-15-19(33-34-37)17-45-20-4-2-1-3-5-20/h1-5,15,18,21-22,24-28,31,39-41H,6-14,16-17H2,(H,32,42)/t21-,22+,24+,25+,26-,27-,28+/m1/s1. The lowest BCUT2D eigenvalue weighted by Gasteiger charge is -2.42. The monoisotopic (exact) mass is 643 g/mol. The van der Waals surface area contributed by atoms with Crippen molar-refractivity contribution in [3.8, 4) is 5.75 Å². The van der Waals surface area contributed by atoms with E-state index in [1.807, 2.05) is 30.3 Å². The number of para-hydroxylation sites is 1. The third-order valence-electron chi connectivity index (χ3n) is 9.09. The third-order valence-corrected chi connectivity index (χ3v) is 9.09. The molecule has 6 rings (SSSR count). The second-order valence-corrected chi connectivity index (χ2v) is 12.1. The van der Waals surface area contributed by atoms with Gasteiger partial charge in [-0.25, -0.2) is 4.68 Å². The number of nitrogens with one attached hydrogen (secondary N) is 2. The molecule has 4 aliphatic rings. The Morgan fingerprint density at radius 1 is 1.02 bits per heavy atom. The molecule has 1 aromatic heterocycles. The molecular weight excluding hydrogens is 602 g/mol. The molecule has 0 spiro atoms. The Balaban J connectivity index is 1.22. The van der Waals surface area contributed by atoms with Gasteiger partial charge in [-0.3, -0.25) is 14.4 Å². The second kappa shape index (κ2) is 14.4. The van der Waals surface area contributed by atoms with Gasteiger partial charge in [0, 0.05) is 45.4 Å². The van der Waals surface area contributed by atoms with Gasteiger partial charge in [-0.05, 0) is 31.4 Å². The first-order valence-corrected chi connectivity index (χ1v) is 15.8. The Morgan fingerprint density at radius 2 is 1.80 bits per heavy atom. The summed E-state index contributed by atoms with van der Waals surface area (Å²) in [6, 6.07) is 7.88. The minimum atomic E-state index is -1.73. The summed E-state index contributed by atoms with van der Waals surface area (Å²) >= 11 is 0. The van der Waals surface area contributed by atoms with E-state index in [1.165, 1.54) is 9.80 Å². The van der Waals surface area contributed by atoms with Crippen LogP contribution in [0, 0.1) is 0 Å². The van der Waals surface area contributed by atoms with Gasteiger partial charge in [0.2, 0.25) is 11.8 Å². The fraction of sp³-hybridized carbons (Fsp3) is 0.633. The summed E-state index contributed by atoms with van der Waals surface area (Å²) < 4.78 is 18.5. The number of amides is 3. The first-order valence-electron chi connectivity index (χ1n) is 15.8. The number of ether oxygens (including phenoxy) is 3. The summed E-state index contributed by atoms with van der Waals surface area (Å²) in [5, 5.41) is 46.5. The van der Waals surface area contributed by atoms with Crippen molar-refractivity contribution in [3.05, 3.63) is 42.2 Å². The van der Waals surface area contributed by atoms with Crippen LogP contribution < -0.4 is 15.4 Å². The molecule has 0 aliphatic carbocycles. The number of hydrogen-bond acceptors (Lipinski definition) is 12. The summed E-state index contributed by atoms with van der Waals surface area (Å²) in [6.07, 6.45) is -4.00. The van der Waals surface area contributed by atoms with E-state index >= 15 is 0 Å². The van der Waals surface area contributed by atoms with E-state index in [1.54, 1.807) is 10.9 Å². The lowest BCUT2D eigenvalue weighted by atomic mass is 9.93. The van der Waals surface area contributed by atoms with E-state index in [4.69, 9.17) is 14.2 Å². The highest BCUT2D eigenvalue weighted by molar-refractivity contribution is 5.92. The van der Waals surface area contributed by atoms with Crippen LogP contribution in [-0.2, 0) is 30.5 Å². The summed E-state index contributed by atoms with van der Waals surface area (Å²) in [7, 11) is 0. The fourth-order valence-corrected chi connectivity index (χ4v) is 6.50. The molecule has 5 heterocycles. The maximum Gasteiger partial charge on any atom is 0.255 e. The van der Waals surface area contributed by atoms with Crippen molar-refractivity contribution in [2.75, 3.05) is 45.9 Å². The minimum Gasteiger partial charge on any atom is -0.487 e. The highest BCUT2D eigenvalue weighted by Crippen LogP contribution is 2.30. The van der Waals surface area contributed by atoms with Gasteiger partial charge in [-0.2, -0.15) is 0 Å². The molecule has 46 heavy (non-hydrogen) atoms. The molecule has 7 atom stereocenters. The zero-order valence-electron chi connectivity index (χ0n) is 25.4. The van der Waals surface area contributed by atoms with Gasteiger partial charge in [0.05, 0.1) is 18.8 Å². The molecule has 3 amide bonds. The molecular formula is C30H41N7O9. The Labute approximate surface area is 265 Å². The number of fused-ring (bicyclic) bond motifs is 3. The van der Waals surface area contributed by atoms with Gasteiger partial charge < -0.3 is 50.0 Å². The molecule has 16 heteroatoms. The van der Waals surface area contributed by atoms with E-state index in [0.717, 1.165) is 12.8 Å². The average Bonchev–Trinajstić information content (AvgIpc) is 3.73. The number of benzene rings is 1. The molecule has 4 fully saturated rings. The van der Waals surface area contributed by atoms with Crippen LogP contribution in [0.15, 0.2) is 36.5 Å². The van der Waals surface area contributed by atoms with Crippen LogP contribution in [0.5, 0.6) is 5.75 Å². The van der Waals surface area contributed by atoms with Gasteiger partial charge in [-0.1, -0.05) is 23.4 Å². The van der Waals surface area contributed by atoms with Crippen molar-refractivity contribution < 1.29 is 43.9 Å². The molecule has 0 radical (unpaired) electrons. The SMILES string of the molecule is O=C1NC[C@@H]2O[C@H](C(=O)N(CCNC3CCOCC3)CC(=O)N3CC[C@@H](n4cc(COc5ccccc5)nn4)[C@@H]13)[C@H](O)[C@H](O)[C@H]2O. The molecule has 2 aromatic rings. The van der Waals surface area contributed by atoms with Crippen molar-refractivity contribution >= 4 is 17.7 Å². The van der Waals surface area contributed by atoms with Crippen LogP contribution >= 0.6 is 0 Å². The molecule has 0 unspecified atom stereocenters. The maximum atomic E-state index is 13.8. The first-order chi connectivity index (χ1) is 22.3. The summed E-state index contributed by atoms with van der Waals surface area (Å²) in [5.41, 5.74) is 0.535. The number of rotatable bonds is 8. The van der Waals surface area contributed by atoms with Crippen molar-refractivity contribution in [1.82, 2.24) is 35.4 Å². The third kappa shape index (κ3) is 7.01. The van der Waals surface area contributed by atoms with Crippen molar-refractivity contribution in [2.45, 2.75) is 74.5 Å². The topological polar surface area (TPSA) is 201 Å². The number of carbonyl (C=O) groups is 3. The summed E-state index contributed by atoms with van der Waals surface area (Å²) in [6.45, 7) is 1.48. The number of aromatic nitrogens is 3. The molecule has 0 saturated carbocycles. The Morgan fingerprint density at radius 3 is 2.59 bits per heavy atom. The fourth-order valence-electron chi connectivity index (χ4n) is 6.50. The predicted molar refractivity (Wildman–Crippen MR) is 158 cm³/mol. The minimum absolute atomic E-state index is 0.111. The van der Waals surface area contributed by atoms with Gasteiger partial charge >= 0.3 is 0 Å². The van der Waals surface area contributed by atoms with Gasteiger partial charge in [0.25, 0.3) is 5.91 Å². The summed E-state index contributed by atoms with van der Waals surface area (Å²) in [5.74, 6) is -0.995. The van der Waals surface area contributed by atoms with E-state index in [9.17, 15) is 29.7 Å². The Kier molecular flexibility index (Phi) is 10.1. The van der Waals surface area contributed by atoms with Crippen molar-refractivity contribution in [3.63, 3.8) is 0 Å². The van der Waals surface area contributed by atoms with Crippen molar-refractivity contribution in [2.24, 2.45) is 0 Å². The second-order valence-electron chi connectivity index (χ2n) is 12.1. The lowest BCUT2D eigenvalue weighted by molar-refractivity contribution is -0.223. The number of aliphatic hydroxyl groups is 3. The lowest BCUT2D eigenvalue weighted by Crippen LogP contribution is -2.65. The Bertz CT molecular complexity index is 1360. The molecule has 4 aliphatic heterocycles. The molecule has 250 valence electrons. The zero-order valence-corrected chi connectivity index (χ0v) is 25.4. The maximum absolute atomic E-state index is 13.8. The van der Waals surface area contributed by atoms with Crippen LogP contribution in [0.2, 0.25) is 0 Å². The highest BCUT2D eigenvalue weighted by atomic mass is 16.5. The molecule has 1 aromatic carbocycles. The predicted octanol–water partition coefficient (Wildman–Crippen LogP) is -2.42. The van der Waals surface area contributed by atoms with Crippen molar-refractivity contribution in [1.29, 1.82) is 0 Å². The summed E-state index contributed by atoms with van der Waals surface area (Å²) in [4.78, 5) is 44.1. The number of carbonyl (C=O) groups excluding carboxylic acids is 3. The van der Waals surface area contributed by atoms with Crippen LogP contribution in [0.4, 0.5) is 0 Å². The first kappa shape index (κ1) is 32.3. The molecule has 2 bridgehead atoms. The molecule has 5 N–H and O–H groups in total. The largest absolute Gasteiger partial charge is 0.487 e. The molecule has 4 saturated heterocycles. The van der Waals surface area contributed by atoms with Gasteiger partial charge in [0.1, 0.15) is 48.5 Å². The average molecular weight is 644 g/mol. The van der Waals surface area contributed by atoms with Crippen LogP contribution in [0.25, 0.3) is 0 Å². The van der Waals surface area contributed by atoms with Gasteiger partial charge in [-0.15, -0.1) is 5.10 Å². The van der Waals surface area contributed by atoms with Crippen LogP contribution in [-0.4, -0.2) is 146 Å². The van der Waals surface area contributed by atoms with Crippen LogP contribution in [0.3, 0.4) is 0 Å². The number of aliphatic hydroxyl groups excluding tert-OH is 3. The van der Waals surface area contributed by atoms with E-state index in [0.29, 0.717) is 37.6 Å². The van der Waals surface area contributed by atoms with E-state index in [2.05, 4.69) is 20.9 Å². The smallest absolute Gasteiger partial charge is 0.255 e. The number of nitrogens with zero attached hydrogens (tertiary/aromatic N) is 5. The highest BCUT2D eigenvalue weighted by Gasteiger charge is 2.50. The van der Waals surface area contributed by atoms with E-state index < -0.39 is 60.3 Å². The number of hydrogen-bond donors (Lipinski definition) is 5. The van der Waals surface area contributed by atoms with Gasteiger partial charge in [0.15, 0.2) is 6.10 Å².